The quantitative estimate of drug-likeness (QED) is 0.838. The highest BCUT2D eigenvalue weighted by Gasteiger charge is 2.42. The predicted molar refractivity (Wildman–Crippen MR) is 85.2 cm³/mol. The molecule has 0 aliphatic heterocycles. The van der Waals surface area contributed by atoms with E-state index >= 15 is 0 Å². The van der Waals surface area contributed by atoms with E-state index in [2.05, 4.69) is 0 Å². The molecule has 0 bridgehead atoms. The third-order valence-electron chi connectivity index (χ3n) is 3.58. The Morgan fingerprint density at radius 1 is 0.773 bits per heavy atom. The molecule has 0 amide bonds. The zero-order valence-electron chi connectivity index (χ0n) is 11.2. The summed E-state index contributed by atoms with van der Waals surface area (Å²) in [5.74, 6) is -2.56. The van der Waals surface area contributed by atoms with Crippen LogP contribution in [0.5, 0.6) is 0 Å². The standard InChI is InChI=1S/C17H10Cl2O3/c18-11-5-1-9(2-6-11)13-15(20)14(17(22)16(13)21)10-3-7-12(19)8-4-10/h1-8,13,22H. The molecule has 1 N–H and O–H groups in total. The van der Waals surface area contributed by atoms with E-state index in [1.165, 1.54) is 0 Å². The summed E-state index contributed by atoms with van der Waals surface area (Å²) in [5.41, 5.74) is 1.01. The molecule has 1 aliphatic rings. The summed E-state index contributed by atoms with van der Waals surface area (Å²) in [7, 11) is 0. The van der Waals surface area contributed by atoms with Crippen LogP contribution in [-0.2, 0) is 9.59 Å². The van der Waals surface area contributed by atoms with E-state index in [-0.39, 0.29) is 5.57 Å². The monoisotopic (exact) mass is 332 g/mol. The Morgan fingerprint density at radius 2 is 1.27 bits per heavy atom. The van der Waals surface area contributed by atoms with E-state index in [0.29, 0.717) is 21.2 Å². The zero-order valence-corrected chi connectivity index (χ0v) is 12.7. The van der Waals surface area contributed by atoms with Crippen LogP contribution in [0.2, 0.25) is 10.0 Å². The van der Waals surface area contributed by atoms with Crippen LogP contribution >= 0.6 is 23.2 Å². The van der Waals surface area contributed by atoms with Gasteiger partial charge in [-0.25, -0.2) is 0 Å². The van der Waals surface area contributed by atoms with Gasteiger partial charge >= 0.3 is 0 Å². The van der Waals surface area contributed by atoms with Crippen LogP contribution in [0.4, 0.5) is 0 Å². The molecule has 0 heterocycles. The first kappa shape index (κ1) is 14.8. The Kier molecular flexibility index (Phi) is 3.77. The molecule has 1 atom stereocenters. The molecular weight excluding hydrogens is 323 g/mol. The van der Waals surface area contributed by atoms with E-state index in [0.717, 1.165) is 0 Å². The fraction of sp³-hybridized carbons (Fsp3) is 0.0588. The van der Waals surface area contributed by atoms with Crippen LogP contribution in [0, 0.1) is 0 Å². The Bertz CT molecular complexity index is 790. The minimum atomic E-state index is -1.03. The van der Waals surface area contributed by atoms with E-state index in [9.17, 15) is 14.7 Å². The predicted octanol–water partition coefficient (Wildman–Crippen LogP) is 4.20. The number of ketones is 2. The van der Waals surface area contributed by atoms with E-state index in [1.807, 2.05) is 0 Å². The largest absolute Gasteiger partial charge is 0.504 e. The van der Waals surface area contributed by atoms with Crippen molar-refractivity contribution in [3.63, 3.8) is 0 Å². The molecule has 3 rings (SSSR count). The molecule has 5 heteroatoms. The molecule has 110 valence electrons. The van der Waals surface area contributed by atoms with Crippen molar-refractivity contribution in [1.82, 2.24) is 0 Å². The minimum Gasteiger partial charge on any atom is -0.504 e. The topological polar surface area (TPSA) is 54.4 Å². The average Bonchev–Trinajstić information content (AvgIpc) is 2.72. The molecule has 0 fully saturated rings. The van der Waals surface area contributed by atoms with Gasteiger partial charge in [-0.2, -0.15) is 0 Å². The van der Waals surface area contributed by atoms with Crippen LogP contribution in [0.25, 0.3) is 5.57 Å². The van der Waals surface area contributed by atoms with Gasteiger partial charge in [-0.1, -0.05) is 47.5 Å². The first-order chi connectivity index (χ1) is 10.5. The maximum Gasteiger partial charge on any atom is 0.213 e. The number of allylic oxidation sites excluding steroid dienone is 2. The van der Waals surface area contributed by atoms with Gasteiger partial charge in [0.25, 0.3) is 0 Å². The third kappa shape index (κ3) is 2.43. The van der Waals surface area contributed by atoms with Crippen molar-refractivity contribution in [3.8, 4) is 0 Å². The fourth-order valence-corrected chi connectivity index (χ4v) is 2.75. The molecule has 1 aliphatic carbocycles. The van der Waals surface area contributed by atoms with Crippen LogP contribution in [0.3, 0.4) is 0 Å². The number of rotatable bonds is 2. The van der Waals surface area contributed by atoms with Crippen LogP contribution in [0.1, 0.15) is 17.0 Å². The van der Waals surface area contributed by atoms with Gasteiger partial charge in [-0.3, -0.25) is 9.59 Å². The van der Waals surface area contributed by atoms with Crippen molar-refractivity contribution >= 4 is 40.3 Å². The van der Waals surface area contributed by atoms with Gasteiger partial charge in [-0.15, -0.1) is 0 Å². The van der Waals surface area contributed by atoms with Gasteiger partial charge in [-0.05, 0) is 35.4 Å². The van der Waals surface area contributed by atoms with E-state index < -0.39 is 23.2 Å². The first-order valence-electron chi connectivity index (χ1n) is 6.52. The van der Waals surface area contributed by atoms with Gasteiger partial charge < -0.3 is 5.11 Å². The summed E-state index contributed by atoms with van der Waals surface area (Å²) >= 11 is 11.6. The fourth-order valence-electron chi connectivity index (χ4n) is 2.49. The lowest BCUT2D eigenvalue weighted by Gasteiger charge is -2.08. The molecule has 0 saturated carbocycles. The molecule has 0 saturated heterocycles. The van der Waals surface area contributed by atoms with Gasteiger partial charge in [0.15, 0.2) is 11.5 Å². The maximum absolute atomic E-state index is 12.6. The third-order valence-corrected chi connectivity index (χ3v) is 4.08. The molecule has 1 unspecified atom stereocenters. The second-order valence-corrected chi connectivity index (χ2v) is 5.82. The molecule has 22 heavy (non-hydrogen) atoms. The summed E-state index contributed by atoms with van der Waals surface area (Å²) in [6.07, 6.45) is 0. The highest BCUT2D eigenvalue weighted by Crippen LogP contribution is 2.37. The Balaban J connectivity index is 2.03. The van der Waals surface area contributed by atoms with Crippen LogP contribution in [0.15, 0.2) is 54.3 Å². The van der Waals surface area contributed by atoms with Crippen molar-refractivity contribution in [2.24, 2.45) is 0 Å². The van der Waals surface area contributed by atoms with Gasteiger partial charge in [0, 0.05) is 10.0 Å². The lowest BCUT2D eigenvalue weighted by Crippen LogP contribution is -2.15. The van der Waals surface area contributed by atoms with Gasteiger partial charge in [0.2, 0.25) is 5.78 Å². The number of Topliss-reactive ketones (excluding diaryl/α,β-unsaturated/α-hetero) is 2. The smallest absolute Gasteiger partial charge is 0.213 e. The number of hydrogen-bond donors (Lipinski definition) is 1. The van der Waals surface area contributed by atoms with Crippen molar-refractivity contribution in [2.75, 3.05) is 0 Å². The summed E-state index contributed by atoms with van der Waals surface area (Å²) < 4.78 is 0. The number of halogens is 2. The number of aliphatic hydroxyl groups excluding tert-OH is 1. The molecule has 0 aromatic heterocycles. The van der Waals surface area contributed by atoms with Crippen molar-refractivity contribution in [3.05, 3.63) is 75.5 Å². The van der Waals surface area contributed by atoms with Crippen molar-refractivity contribution < 1.29 is 14.7 Å². The summed E-state index contributed by atoms with van der Waals surface area (Å²) in [6, 6.07) is 12.8. The van der Waals surface area contributed by atoms with Crippen molar-refractivity contribution in [1.29, 1.82) is 0 Å². The highest BCUT2D eigenvalue weighted by molar-refractivity contribution is 6.41. The van der Waals surface area contributed by atoms with Gasteiger partial charge in [0.1, 0.15) is 5.92 Å². The Morgan fingerprint density at radius 3 is 1.82 bits per heavy atom. The summed E-state index contributed by atoms with van der Waals surface area (Å²) in [6.45, 7) is 0. The average molecular weight is 333 g/mol. The SMILES string of the molecule is O=C1C(O)=C(c2ccc(Cl)cc2)C(=O)C1c1ccc(Cl)cc1. The number of hydrogen-bond acceptors (Lipinski definition) is 3. The normalized spacial score (nSPS) is 18.2. The molecule has 2 aromatic carbocycles. The van der Waals surface area contributed by atoms with Gasteiger partial charge in [0.05, 0.1) is 5.57 Å². The number of benzene rings is 2. The second kappa shape index (κ2) is 5.59. The number of aliphatic hydroxyl groups is 1. The van der Waals surface area contributed by atoms with E-state index in [1.54, 1.807) is 48.5 Å². The second-order valence-electron chi connectivity index (χ2n) is 4.94. The van der Waals surface area contributed by atoms with Crippen LogP contribution < -0.4 is 0 Å². The lowest BCUT2D eigenvalue weighted by atomic mass is 9.92. The maximum atomic E-state index is 12.6. The Labute approximate surface area is 136 Å². The van der Waals surface area contributed by atoms with Crippen LogP contribution in [-0.4, -0.2) is 16.7 Å². The summed E-state index contributed by atoms with van der Waals surface area (Å²) in [4.78, 5) is 24.9. The highest BCUT2D eigenvalue weighted by atomic mass is 35.5. The Hall–Kier alpha value is -2.10. The number of carbonyl (C=O) groups excluding carboxylic acids is 2. The summed E-state index contributed by atoms with van der Waals surface area (Å²) in [5, 5.41) is 11.1. The molecule has 3 nitrogen and oxygen atoms in total. The molecule has 0 spiro atoms. The van der Waals surface area contributed by atoms with Crippen molar-refractivity contribution in [2.45, 2.75) is 5.92 Å². The van der Waals surface area contributed by atoms with E-state index in [4.69, 9.17) is 23.2 Å². The molecule has 2 aromatic rings. The molecular formula is C17H10Cl2O3. The number of carbonyl (C=O) groups is 2. The molecule has 0 radical (unpaired) electrons. The zero-order chi connectivity index (χ0) is 15.9. The minimum absolute atomic E-state index is 0.0293. The lowest BCUT2D eigenvalue weighted by molar-refractivity contribution is -0.123. The first-order valence-corrected chi connectivity index (χ1v) is 7.27.